The van der Waals surface area contributed by atoms with E-state index in [0.717, 1.165) is 10.6 Å². The van der Waals surface area contributed by atoms with Crippen LogP contribution in [0.4, 0.5) is 5.13 Å². The molecule has 0 saturated carbocycles. The second-order valence-electron chi connectivity index (χ2n) is 4.45. The van der Waals surface area contributed by atoms with Gasteiger partial charge >= 0.3 is 0 Å². The number of hydrogen-bond acceptors (Lipinski definition) is 5. The minimum atomic E-state index is -0.290. The fraction of sp³-hybridized carbons (Fsp3) is 0.0667. The van der Waals surface area contributed by atoms with Crippen molar-refractivity contribution >= 4 is 22.4 Å². The van der Waals surface area contributed by atoms with Gasteiger partial charge in [0.1, 0.15) is 10.7 Å². The third-order valence-corrected chi connectivity index (χ3v) is 3.73. The van der Waals surface area contributed by atoms with Gasteiger partial charge in [-0.1, -0.05) is 47.2 Å². The Hall–Kier alpha value is -2.60. The predicted octanol–water partition coefficient (Wildman–Crippen LogP) is 3.16. The molecule has 0 bridgehead atoms. The summed E-state index contributed by atoms with van der Waals surface area (Å²) in [4.78, 5) is 16.0. The van der Waals surface area contributed by atoms with Gasteiger partial charge in [-0.15, -0.1) is 10.2 Å². The van der Waals surface area contributed by atoms with E-state index in [1.807, 2.05) is 31.2 Å². The number of aryl methyl sites for hydroxylation is 1. The van der Waals surface area contributed by atoms with Crippen molar-refractivity contribution in [3.63, 3.8) is 0 Å². The summed E-state index contributed by atoms with van der Waals surface area (Å²) in [5, 5.41) is 12.0. The number of amides is 1. The first-order valence-corrected chi connectivity index (χ1v) is 7.17. The molecule has 2 heterocycles. The molecule has 0 aliphatic heterocycles. The lowest BCUT2D eigenvalue weighted by Crippen LogP contribution is -2.13. The first-order chi connectivity index (χ1) is 10.2. The zero-order valence-electron chi connectivity index (χ0n) is 11.3. The van der Waals surface area contributed by atoms with E-state index in [0.29, 0.717) is 10.8 Å². The van der Waals surface area contributed by atoms with Gasteiger partial charge in [0.2, 0.25) is 5.13 Å². The third kappa shape index (κ3) is 3.11. The molecule has 0 aliphatic carbocycles. The number of carbonyl (C=O) groups excluding carboxylic acids is 1. The van der Waals surface area contributed by atoms with Crippen LogP contribution in [0.15, 0.2) is 48.7 Å². The molecule has 0 spiro atoms. The van der Waals surface area contributed by atoms with Crippen LogP contribution in [0.25, 0.3) is 10.6 Å². The highest BCUT2D eigenvalue weighted by Gasteiger charge is 2.11. The normalized spacial score (nSPS) is 10.3. The molecule has 104 valence electrons. The maximum Gasteiger partial charge on any atom is 0.276 e. The largest absolute Gasteiger partial charge is 0.295 e. The van der Waals surface area contributed by atoms with Crippen molar-refractivity contribution in [1.82, 2.24) is 15.2 Å². The first kappa shape index (κ1) is 13.4. The molecule has 3 aromatic rings. The molecule has 2 aromatic heterocycles. The average Bonchev–Trinajstić information content (AvgIpc) is 2.97. The fourth-order valence-corrected chi connectivity index (χ4v) is 2.49. The van der Waals surface area contributed by atoms with Crippen LogP contribution in [0.5, 0.6) is 0 Å². The smallest absolute Gasteiger partial charge is 0.276 e. The Bertz CT molecular complexity index is 753. The molecule has 6 heteroatoms. The van der Waals surface area contributed by atoms with E-state index in [9.17, 15) is 4.79 Å². The Labute approximate surface area is 125 Å². The summed E-state index contributed by atoms with van der Waals surface area (Å²) in [6.45, 7) is 2.03. The van der Waals surface area contributed by atoms with Crippen LogP contribution < -0.4 is 5.32 Å². The number of aromatic nitrogens is 3. The molecule has 1 amide bonds. The molecular formula is C15H12N4OS. The molecule has 1 aromatic carbocycles. The number of hydrogen-bond donors (Lipinski definition) is 1. The molecule has 21 heavy (non-hydrogen) atoms. The summed E-state index contributed by atoms with van der Waals surface area (Å²) < 4.78 is 0. The van der Waals surface area contributed by atoms with Crippen molar-refractivity contribution < 1.29 is 4.79 Å². The number of anilines is 1. The average molecular weight is 296 g/mol. The molecule has 0 aliphatic rings. The van der Waals surface area contributed by atoms with Crippen LogP contribution in [0.2, 0.25) is 0 Å². The number of nitrogens with zero attached hydrogens (tertiary/aromatic N) is 3. The first-order valence-electron chi connectivity index (χ1n) is 6.35. The molecule has 5 nitrogen and oxygen atoms in total. The van der Waals surface area contributed by atoms with E-state index in [2.05, 4.69) is 20.5 Å². The Morgan fingerprint density at radius 3 is 2.62 bits per heavy atom. The highest BCUT2D eigenvalue weighted by molar-refractivity contribution is 7.18. The molecule has 0 unspecified atom stereocenters. The van der Waals surface area contributed by atoms with Crippen LogP contribution in [0.3, 0.4) is 0 Å². The summed E-state index contributed by atoms with van der Waals surface area (Å²) in [5.74, 6) is -0.290. The van der Waals surface area contributed by atoms with Crippen LogP contribution in [0, 0.1) is 6.92 Å². The van der Waals surface area contributed by atoms with E-state index in [1.165, 1.54) is 16.9 Å². The third-order valence-electron chi connectivity index (χ3n) is 2.84. The standard InChI is InChI=1S/C15H12N4OS/c1-10-5-7-11(8-6-10)14-18-19-15(21-14)17-13(20)12-4-2-3-9-16-12/h2-9H,1H3,(H,17,19,20). The highest BCUT2D eigenvalue weighted by atomic mass is 32.1. The maximum absolute atomic E-state index is 12.0. The molecular weight excluding hydrogens is 284 g/mol. The monoisotopic (exact) mass is 296 g/mol. The van der Waals surface area contributed by atoms with Crippen molar-refractivity contribution in [1.29, 1.82) is 0 Å². The van der Waals surface area contributed by atoms with Gasteiger partial charge < -0.3 is 0 Å². The highest BCUT2D eigenvalue weighted by Crippen LogP contribution is 2.26. The maximum atomic E-state index is 12.0. The summed E-state index contributed by atoms with van der Waals surface area (Å²) in [6.07, 6.45) is 1.58. The predicted molar refractivity (Wildman–Crippen MR) is 82.3 cm³/mol. The zero-order chi connectivity index (χ0) is 14.7. The van der Waals surface area contributed by atoms with Crippen LogP contribution in [-0.4, -0.2) is 21.1 Å². The van der Waals surface area contributed by atoms with Crippen molar-refractivity contribution in [2.45, 2.75) is 6.92 Å². The lowest BCUT2D eigenvalue weighted by atomic mass is 10.2. The second kappa shape index (κ2) is 5.80. The Morgan fingerprint density at radius 2 is 1.90 bits per heavy atom. The van der Waals surface area contributed by atoms with E-state index >= 15 is 0 Å². The Balaban J connectivity index is 1.76. The molecule has 3 rings (SSSR count). The van der Waals surface area contributed by atoms with Gasteiger partial charge in [-0.3, -0.25) is 15.1 Å². The second-order valence-corrected chi connectivity index (χ2v) is 5.43. The van der Waals surface area contributed by atoms with Crippen molar-refractivity contribution in [2.24, 2.45) is 0 Å². The van der Waals surface area contributed by atoms with E-state index in [1.54, 1.807) is 24.4 Å². The molecule has 1 N–H and O–H groups in total. The van der Waals surface area contributed by atoms with Gasteiger partial charge in [0.05, 0.1) is 0 Å². The summed E-state index contributed by atoms with van der Waals surface area (Å²) in [5.41, 5.74) is 2.52. The van der Waals surface area contributed by atoms with Gasteiger partial charge in [-0.25, -0.2) is 0 Å². The quantitative estimate of drug-likeness (QED) is 0.806. The summed E-state index contributed by atoms with van der Waals surface area (Å²) in [6, 6.07) is 13.2. The molecule has 0 fully saturated rings. The van der Waals surface area contributed by atoms with E-state index < -0.39 is 0 Å². The van der Waals surface area contributed by atoms with Gasteiger partial charge in [0, 0.05) is 11.8 Å². The van der Waals surface area contributed by atoms with Crippen LogP contribution in [-0.2, 0) is 0 Å². The SMILES string of the molecule is Cc1ccc(-c2nnc(NC(=O)c3ccccn3)s2)cc1. The number of carbonyl (C=O) groups is 1. The van der Waals surface area contributed by atoms with E-state index in [4.69, 9.17) is 0 Å². The summed E-state index contributed by atoms with van der Waals surface area (Å²) in [7, 11) is 0. The fourth-order valence-electron chi connectivity index (χ4n) is 1.74. The minimum absolute atomic E-state index is 0.290. The van der Waals surface area contributed by atoms with Crippen molar-refractivity contribution in [2.75, 3.05) is 5.32 Å². The summed E-state index contributed by atoms with van der Waals surface area (Å²) >= 11 is 1.33. The number of benzene rings is 1. The molecule has 0 atom stereocenters. The van der Waals surface area contributed by atoms with Crippen molar-refractivity contribution in [3.05, 3.63) is 59.9 Å². The van der Waals surface area contributed by atoms with Gasteiger partial charge in [0.15, 0.2) is 0 Å². The van der Waals surface area contributed by atoms with E-state index in [-0.39, 0.29) is 5.91 Å². The van der Waals surface area contributed by atoms with Crippen molar-refractivity contribution in [3.8, 4) is 10.6 Å². The lowest BCUT2D eigenvalue weighted by Gasteiger charge is -1.99. The molecule has 0 saturated heterocycles. The van der Waals surface area contributed by atoms with Crippen LogP contribution in [0.1, 0.15) is 16.1 Å². The number of pyridine rings is 1. The van der Waals surface area contributed by atoms with Crippen LogP contribution >= 0.6 is 11.3 Å². The van der Waals surface area contributed by atoms with Gasteiger partial charge in [-0.2, -0.15) is 0 Å². The Kier molecular flexibility index (Phi) is 3.70. The molecule has 0 radical (unpaired) electrons. The van der Waals surface area contributed by atoms with Gasteiger partial charge in [0.25, 0.3) is 5.91 Å². The Morgan fingerprint density at radius 1 is 1.10 bits per heavy atom. The number of nitrogens with one attached hydrogen (secondary N) is 1. The zero-order valence-corrected chi connectivity index (χ0v) is 12.1. The van der Waals surface area contributed by atoms with Gasteiger partial charge in [-0.05, 0) is 19.1 Å². The number of rotatable bonds is 3. The topological polar surface area (TPSA) is 67.8 Å². The minimum Gasteiger partial charge on any atom is -0.295 e. The lowest BCUT2D eigenvalue weighted by molar-refractivity contribution is 0.102.